The molecule has 0 fully saturated rings. The largest absolute Gasteiger partial charge is 0.360 e. The maximum absolute atomic E-state index is 13.2. The molecule has 0 aliphatic carbocycles. The van der Waals surface area contributed by atoms with Gasteiger partial charge in [0.1, 0.15) is 22.2 Å². The number of carbonyl (C=O) groups excluding carboxylic acids is 1. The van der Waals surface area contributed by atoms with E-state index in [2.05, 4.69) is 15.1 Å². The van der Waals surface area contributed by atoms with Crippen LogP contribution in [0, 0.1) is 5.82 Å². The number of aldehydes is 1. The van der Waals surface area contributed by atoms with E-state index in [-0.39, 0.29) is 5.82 Å². The molecule has 0 aliphatic rings. The maximum atomic E-state index is 13.2. The number of halogens is 1. The molecule has 1 N–H and O–H groups in total. The fourth-order valence-corrected chi connectivity index (χ4v) is 3.98. The highest BCUT2D eigenvalue weighted by atomic mass is 32.1. The van der Waals surface area contributed by atoms with Crippen molar-refractivity contribution in [1.29, 1.82) is 0 Å². The summed E-state index contributed by atoms with van der Waals surface area (Å²) >= 11 is 1.41. The van der Waals surface area contributed by atoms with Crippen molar-refractivity contribution in [2.45, 2.75) is 0 Å². The van der Waals surface area contributed by atoms with Crippen molar-refractivity contribution in [3.63, 3.8) is 0 Å². The minimum atomic E-state index is -0.331. The van der Waals surface area contributed by atoms with E-state index in [0.29, 0.717) is 21.9 Å². The summed E-state index contributed by atoms with van der Waals surface area (Å²) in [5, 5.41) is 6.43. The lowest BCUT2D eigenvalue weighted by atomic mass is 10.1. The highest BCUT2D eigenvalue weighted by Gasteiger charge is 2.19. The molecule has 7 heteroatoms. The van der Waals surface area contributed by atoms with Crippen molar-refractivity contribution in [3.05, 3.63) is 66.2 Å². The van der Waals surface area contributed by atoms with E-state index < -0.39 is 0 Å². The summed E-state index contributed by atoms with van der Waals surface area (Å²) in [6, 6.07) is 13.9. The minimum Gasteiger partial charge on any atom is -0.360 e. The molecule has 0 unspecified atom stereocenters. The van der Waals surface area contributed by atoms with Crippen molar-refractivity contribution in [2.75, 3.05) is 0 Å². The van der Waals surface area contributed by atoms with Gasteiger partial charge in [0.05, 0.1) is 0 Å². The number of nitrogens with zero attached hydrogens (tertiary/aromatic N) is 3. The van der Waals surface area contributed by atoms with E-state index in [1.807, 2.05) is 30.5 Å². The zero-order chi connectivity index (χ0) is 17.7. The number of aromatic nitrogens is 4. The summed E-state index contributed by atoms with van der Waals surface area (Å²) in [5.74, 6) is -0.331. The van der Waals surface area contributed by atoms with Gasteiger partial charge in [0.25, 0.3) is 0 Å². The lowest BCUT2D eigenvalue weighted by Crippen LogP contribution is -1.94. The van der Waals surface area contributed by atoms with Gasteiger partial charge in [-0.1, -0.05) is 29.5 Å². The standard InChI is InChI=1S/C19H11FN4OS/c20-12-7-5-11(6-8-12)17-16(10-25)24-19(22-17)26-18(23-24)14-9-21-15-4-2-1-3-13(14)15/h1-10,21H. The second-order valence-corrected chi connectivity index (χ2v) is 6.78. The number of aromatic amines is 1. The van der Waals surface area contributed by atoms with Crippen LogP contribution in [-0.4, -0.2) is 25.9 Å². The van der Waals surface area contributed by atoms with Crippen molar-refractivity contribution < 1.29 is 9.18 Å². The lowest BCUT2D eigenvalue weighted by molar-refractivity contribution is 0.111. The van der Waals surface area contributed by atoms with Gasteiger partial charge in [-0.05, 0) is 30.3 Å². The van der Waals surface area contributed by atoms with Gasteiger partial charge in [-0.3, -0.25) is 4.79 Å². The zero-order valence-corrected chi connectivity index (χ0v) is 14.1. The van der Waals surface area contributed by atoms with Gasteiger partial charge in [0, 0.05) is 28.2 Å². The number of benzene rings is 2. The summed E-state index contributed by atoms with van der Waals surface area (Å²) in [6.45, 7) is 0. The van der Waals surface area contributed by atoms with Crippen LogP contribution in [0.4, 0.5) is 4.39 Å². The molecule has 3 aromatic heterocycles. The van der Waals surface area contributed by atoms with Gasteiger partial charge in [0.15, 0.2) is 6.29 Å². The first kappa shape index (κ1) is 15.0. The third-order valence-corrected chi connectivity index (χ3v) is 5.23. The molecule has 0 aliphatic heterocycles. The Hall–Kier alpha value is -3.32. The Morgan fingerprint density at radius 1 is 1.12 bits per heavy atom. The molecule has 0 bridgehead atoms. The summed E-state index contributed by atoms with van der Waals surface area (Å²) in [7, 11) is 0. The number of imidazole rings is 1. The molecule has 5 aromatic rings. The molecule has 2 aromatic carbocycles. The van der Waals surface area contributed by atoms with Gasteiger partial charge >= 0.3 is 0 Å². The van der Waals surface area contributed by atoms with Crippen LogP contribution in [0.25, 0.3) is 37.7 Å². The number of hydrogen-bond acceptors (Lipinski definition) is 4. The van der Waals surface area contributed by atoms with Crippen molar-refractivity contribution in [3.8, 4) is 21.8 Å². The molecule has 0 atom stereocenters. The molecule has 3 heterocycles. The van der Waals surface area contributed by atoms with Crippen LogP contribution in [0.1, 0.15) is 10.5 Å². The Morgan fingerprint density at radius 2 is 1.92 bits per heavy atom. The number of rotatable bonds is 3. The summed E-state index contributed by atoms with van der Waals surface area (Å²) in [4.78, 5) is 20.1. The summed E-state index contributed by atoms with van der Waals surface area (Å²) in [6.07, 6.45) is 2.64. The molecule has 5 nitrogen and oxygen atoms in total. The van der Waals surface area contributed by atoms with Crippen molar-refractivity contribution in [2.24, 2.45) is 0 Å². The average Bonchev–Trinajstić information content (AvgIpc) is 3.33. The first-order valence-electron chi connectivity index (χ1n) is 7.92. The Kier molecular flexibility index (Phi) is 3.23. The molecule has 26 heavy (non-hydrogen) atoms. The molecule has 0 amide bonds. The Bertz CT molecular complexity index is 1270. The van der Waals surface area contributed by atoms with Crippen molar-refractivity contribution in [1.82, 2.24) is 19.6 Å². The van der Waals surface area contributed by atoms with Gasteiger partial charge < -0.3 is 4.98 Å². The van der Waals surface area contributed by atoms with Crippen LogP contribution in [0.15, 0.2) is 54.7 Å². The monoisotopic (exact) mass is 362 g/mol. The number of carbonyl (C=O) groups is 1. The van der Waals surface area contributed by atoms with E-state index in [0.717, 1.165) is 27.8 Å². The Labute approximate surface area is 150 Å². The van der Waals surface area contributed by atoms with Crippen LogP contribution >= 0.6 is 11.3 Å². The van der Waals surface area contributed by atoms with Crippen LogP contribution < -0.4 is 0 Å². The topological polar surface area (TPSA) is 63.0 Å². The molecule has 0 saturated carbocycles. The zero-order valence-electron chi connectivity index (χ0n) is 13.3. The number of nitrogens with one attached hydrogen (secondary N) is 1. The number of fused-ring (bicyclic) bond motifs is 2. The highest BCUT2D eigenvalue weighted by Crippen LogP contribution is 2.34. The van der Waals surface area contributed by atoms with E-state index in [4.69, 9.17) is 0 Å². The SMILES string of the molecule is O=Cc1c(-c2ccc(F)cc2)nc2sc(-c3c[nH]c4ccccc34)nn12. The van der Waals surface area contributed by atoms with Gasteiger partial charge in [-0.2, -0.15) is 9.61 Å². The molecule has 0 spiro atoms. The fraction of sp³-hybridized carbons (Fsp3) is 0. The van der Waals surface area contributed by atoms with Crippen molar-refractivity contribution >= 4 is 33.5 Å². The van der Waals surface area contributed by atoms with Crippen LogP contribution in [0.2, 0.25) is 0 Å². The molecular weight excluding hydrogens is 351 g/mol. The van der Waals surface area contributed by atoms with Crippen LogP contribution in [0.5, 0.6) is 0 Å². The molecule has 5 rings (SSSR count). The smallest absolute Gasteiger partial charge is 0.213 e. The van der Waals surface area contributed by atoms with Gasteiger partial charge in [-0.25, -0.2) is 9.37 Å². The Balaban J connectivity index is 1.68. The number of para-hydroxylation sites is 1. The average molecular weight is 362 g/mol. The van der Waals surface area contributed by atoms with E-state index >= 15 is 0 Å². The second kappa shape index (κ2) is 5.60. The van der Waals surface area contributed by atoms with E-state index in [1.165, 1.54) is 23.5 Å². The minimum absolute atomic E-state index is 0.331. The van der Waals surface area contributed by atoms with Gasteiger partial charge in [0.2, 0.25) is 4.96 Å². The highest BCUT2D eigenvalue weighted by molar-refractivity contribution is 7.20. The maximum Gasteiger partial charge on any atom is 0.213 e. The van der Waals surface area contributed by atoms with Crippen LogP contribution in [0.3, 0.4) is 0 Å². The predicted molar refractivity (Wildman–Crippen MR) is 98.9 cm³/mol. The normalized spacial score (nSPS) is 11.4. The Morgan fingerprint density at radius 3 is 2.73 bits per heavy atom. The second-order valence-electron chi connectivity index (χ2n) is 5.82. The van der Waals surface area contributed by atoms with E-state index in [9.17, 15) is 9.18 Å². The molecule has 0 saturated heterocycles. The summed E-state index contributed by atoms with van der Waals surface area (Å²) < 4.78 is 14.7. The summed E-state index contributed by atoms with van der Waals surface area (Å²) in [5.41, 5.74) is 3.53. The van der Waals surface area contributed by atoms with E-state index in [1.54, 1.807) is 16.6 Å². The molecular formula is C19H11FN4OS. The van der Waals surface area contributed by atoms with Gasteiger partial charge in [-0.15, -0.1) is 0 Å². The first-order chi connectivity index (χ1) is 12.7. The first-order valence-corrected chi connectivity index (χ1v) is 8.73. The third-order valence-electron chi connectivity index (χ3n) is 4.29. The number of hydrogen-bond donors (Lipinski definition) is 1. The van der Waals surface area contributed by atoms with Crippen LogP contribution in [-0.2, 0) is 0 Å². The quantitative estimate of drug-likeness (QED) is 0.479. The number of H-pyrrole nitrogens is 1. The molecule has 126 valence electrons. The fourth-order valence-electron chi connectivity index (χ4n) is 3.05. The molecule has 0 radical (unpaired) electrons. The third kappa shape index (κ3) is 2.18. The lowest BCUT2D eigenvalue weighted by Gasteiger charge is -1.98. The predicted octanol–water partition coefficient (Wildman–Crippen LogP) is 4.56.